The molecular formula is C22H13F9N6O. The molecule has 0 fully saturated rings. The van der Waals surface area contributed by atoms with Gasteiger partial charge in [-0.15, -0.1) is 5.10 Å². The summed E-state index contributed by atoms with van der Waals surface area (Å²) >= 11 is 0. The molecule has 0 radical (unpaired) electrons. The van der Waals surface area contributed by atoms with Crippen molar-refractivity contribution in [1.82, 2.24) is 24.8 Å². The molecule has 38 heavy (non-hydrogen) atoms. The van der Waals surface area contributed by atoms with Crippen LogP contribution in [0.15, 0.2) is 54.7 Å². The first-order valence-corrected chi connectivity index (χ1v) is 10.3. The first-order valence-electron chi connectivity index (χ1n) is 10.3. The second-order valence-corrected chi connectivity index (χ2v) is 7.80. The van der Waals surface area contributed by atoms with Gasteiger partial charge in [0.1, 0.15) is 17.1 Å². The molecular weight excluding hydrogens is 535 g/mol. The molecule has 0 unspecified atom stereocenters. The number of alkyl halides is 8. The van der Waals surface area contributed by atoms with Gasteiger partial charge in [0.2, 0.25) is 0 Å². The first kappa shape index (κ1) is 26.7. The monoisotopic (exact) mass is 548 g/mol. The zero-order valence-corrected chi connectivity index (χ0v) is 18.7. The number of benzene rings is 2. The summed E-state index contributed by atoms with van der Waals surface area (Å²) in [6.07, 6.45) is -11.2. The summed E-state index contributed by atoms with van der Waals surface area (Å²) in [5.41, 5.74) is -4.97. The van der Waals surface area contributed by atoms with Gasteiger partial charge in [-0.2, -0.15) is 40.2 Å². The third-order valence-corrected chi connectivity index (χ3v) is 5.20. The van der Waals surface area contributed by atoms with Gasteiger partial charge in [-0.1, -0.05) is 29.5 Å². The molecule has 0 aliphatic carbocycles. The van der Waals surface area contributed by atoms with E-state index in [2.05, 4.69) is 20.7 Å². The molecule has 16 heteroatoms. The highest BCUT2D eigenvalue weighted by atomic mass is 19.4. The molecule has 1 amide bonds. The lowest BCUT2D eigenvalue weighted by Gasteiger charge is -2.19. The molecule has 4 rings (SSSR count). The Kier molecular flexibility index (Phi) is 6.45. The van der Waals surface area contributed by atoms with E-state index in [1.165, 1.54) is 42.5 Å². The SMILES string of the molecule is Cn1nc(C(F)(F)C(F)(F)F)c(C(F)(F)F)c1-n1cc(-c2cccc(NC(=O)c3ccccc3F)c2)nn1. The molecule has 0 spiro atoms. The number of carbonyl (C=O) groups excluding carboxylic acids is 1. The van der Waals surface area contributed by atoms with Crippen LogP contribution in [0.3, 0.4) is 0 Å². The highest BCUT2D eigenvalue weighted by molar-refractivity contribution is 6.04. The van der Waals surface area contributed by atoms with Crippen LogP contribution in [0.25, 0.3) is 17.1 Å². The van der Waals surface area contributed by atoms with Crippen LogP contribution in [-0.4, -0.2) is 36.9 Å². The Hall–Kier alpha value is -4.37. The van der Waals surface area contributed by atoms with E-state index in [0.717, 1.165) is 19.3 Å². The smallest absolute Gasteiger partial charge is 0.322 e. The lowest BCUT2D eigenvalue weighted by atomic mass is 10.1. The summed E-state index contributed by atoms with van der Waals surface area (Å²) in [5, 5.41) is 12.4. The van der Waals surface area contributed by atoms with Crippen molar-refractivity contribution < 1.29 is 44.3 Å². The second-order valence-electron chi connectivity index (χ2n) is 7.80. The minimum Gasteiger partial charge on any atom is -0.322 e. The Balaban J connectivity index is 1.72. The van der Waals surface area contributed by atoms with Gasteiger partial charge in [-0.3, -0.25) is 4.79 Å². The van der Waals surface area contributed by atoms with Crippen molar-refractivity contribution in [3.8, 4) is 17.1 Å². The minimum atomic E-state index is -6.35. The molecule has 2 aromatic carbocycles. The highest BCUT2D eigenvalue weighted by Crippen LogP contribution is 2.49. The maximum atomic E-state index is 13.9. The second kappa shape index (κ2) is 9.18. The van der Waals surface area contributed by atoms with E-state index in [9.17, 15) is 44.3 Å². The Labute approximate surface area is 206 Å². The number of nitrogens with zero attached hydrogens (tertiary/aromatic N) is 5. The molecule has 0 bridgehead atoms. The van der Waals surface area contributed by atoms with Crippen LogP contribution in [0, 0.1) is 5.82 Å². The van der Waals surface area contributed by atoms with Crippen LogP contribution >= 0.6 is 0 Å². The van der Waals surface area contributed by atoms with E-state index in [-0.39, 0.29) is 27.2 Å². The lowest BCUT2D eigenvalue weighted by Crippen LogP contribution is -2.36. The van der Waals surface area contributed by atoms with Gasteiger partial charge in [-0.25, -0.2) is 13.8 Å². The highest BCUT2D eigenvalue weighted by Gasteiger charge is 2.64. The van der Waals surface area contributed by atoms with Crippen molar-refractivity contribution in [3.63, 3.8) is 0 Å². The molecule has 4 aromatic rings. The average Bonchev–Trinajstić information content (AvgIpc) is 3.43. The summed E-state index contributed by atoms with van der Waals surface area (Å²) in [4.78, 5) is 12.4. The van der Waals surface area contributed by atoms with E-state index >= 15 is 0 Å². The van der Waals surface area contributed by atoms with Crippen molar-refractivity contribution >= 4 is 11.6 Å². The molecule has 1 N–H and O–H groups in total. The summed E-state index contributed by atoms with van der Waals surface area (Å²) in [6.45, 7) is 0. The van der Waals surface area contributed by atoms with Crippen molar-refractivity contribution in [1.29, 1.82) is 0 Å². The topological polar surface area (TPSA) is 77.6 Å². The number of amides is 1. The Morgan fingerprint density at radius 2 is 1.63 bits per heavy atom. The van der Waals surface area contributed by atoms with Crippen LogP contribution in [-0.2, 0) is 19.1 Å². The summed E-state index contributed by atoms with van der Waals surface area (Å²) in [5.74, 6) is -8.73. The molecule has 2 heterocycles. The van der Waals surface area contributed by atoms with Crippen molar-refractivity contribution in [3.05, 3.63) is 77.4 Å². The van der Waals surface area contributed by atoms with Gasteiger partial charge in [0.15, 0.2) is 11.5 Å². The third kappa shape index (κ3) is 4.80. The summed E-state index contributed by atoms with van der Waals surface area (Å²) in [7, 11) is 0.737. The normalized spacial score (nSPS) is 12.6. The standard InChI is InChI=1S/C22H13F9N6O/c1-36-19(16(21(26,27)28)17(34-36)20(24,25)22(29,30)31)37-10-15(33-35-37)11-5-4-6-12(9-11)32-18(38)13-7-2-3-8-14(13)23/h2-10H,1H3,(H,32,38). The fraction of sp³-hybridized carbons (Fsp3) is 0.182. The Morgan fingerprint density at radius 1 is 0.947 bits per heavy atom. The number of aryl methyl sites for hydroxylation is 1. The summed E-state index contributed by atoms with van der Waals surface area (Å²) in [6, 6.07) is 10.7. The number of hydrogen-bond acceptors (Lipinski definition) is 4. The number of rotatable bonds is 5. The quantitative estimate of drug-likeness (QED) is 0.323. The predicted octanol–water partition coefficient (Wildman–Crippen LogP) is 5.73. The molecule has 0 aliphatic rings. The van der Waals surface area contributed by atoms with Gasteiger partial charge in [0.05, 0.1) is 11.8 Å². The van der Waals surface area contributed by atoms with E-state index in [1.807, 2.05) is 0 Å². The van der Waals surface area contributed by atoms with Crippen LogP contribution in [0.5, 0.6) is 0 Å². The number of aromatic nitrogens is 5. The number of hydrogen-bond donors (Lipinski definition) is 1. The predicted molar refractivity (Wildman–Crippen MR) is 113 cm³/mol. The minimum absolute atomic E-state index is 0.133. The van der Waals surface area contributed by atoms with Crippen molar-refractivity contribution in [2.45, 2.75) is 18.3 Å². The lowest BCUT2D eigenvalue weighted by molar-refractivity contribution is -0.292. The number of carbonyl (C=O) groups is 1. The largest absolute Gasteiger partial charge is 0.459 e. The number of anilines is 1. The van der Waals surface area contributed by atoms with Crippen LogP contribution in [0.1, 0.15) is 21.6 Å². The van der Waals surface area contributed by atoms with Crippen LogP contribution < -0.4 is 5.32 Å². The van der Waals surface area contributed by atoms with Gasteiger partial charge < -0.3 is 5.32 Å². The van der Waals surface area contributed by atoms with Crippen molar-refractivity contribution in [2.75, 3.05) is 5.32 Å². The van der Waals surface area contributed by atoms with E-state index < -0.39 is 47.1 Å². The Bertz CT molecular complexity index is 1500. The van der Waals surface area contributed by atoms with Gasteiger partial charge in [-0.05, 0) is 24.3 Å². The van der Waals surface area contributed by atoms with Crippen LogP contribution in [0.4, 0.5) is 45.2 Å². The number of nitrogens with one attached hydrogen (secondary N) is 1. The van der Waals surface area contributed by atoms with Gasteiger partial charge >= 0.3 is 18.3 Å². The molecule has 0 aliphatic heterocycles. The van der Waals surface area contributed by atoms with E-state index in [4.69, 9.17) is 0 Å². The third-order valence-electron chi connectivity index (χ3n) is 5.20. The summed E-state index contributed by atoms with van der Waals surface area (Å²) < 4.78 is 122. The molecule has 2 aromatic heterocycles. The fourth-order valence-corrected chi connectivity index (χ4v) is 3.49. The average molecular weight is 548 g/mol. The Morgan fingerprint density at radius 3 is 2.26 bits per heavy atom. The molecule has 7 nitrogen and oxygen atoms in total. The number of halogens is 9. The van der Waals surface area contributed by atoms with Gasteiger partial charge in [0.25, 0.3) is 5.91 Å². The van der Waals surface area contributed by atoms with E-state index in [1.54, 1.807) is 0 Å². The molecule has 0 saturated heterocycles. The zero-order valence-electron chi connectivity index (χ0n) is 18.7. The fourth-order valence-electron chi connectivity index (χ4n) is 3.49. The molecule has 0 atom stereocenters. The van der Waals surface area contributed by atoms with Crippen molar-refractivity contribution in [2.24, 2.45) is 7.05 Å². The molecule has 0 saturated carbocycles. The van der Waals surface area contributed by atoms with Gasteiger partial charge in [0, 0.05) is 18.3 Å². The molecule has 200 valence electrons. The van der Waals surface area contributed by atoms with Crippen LogP contribution in [0.2, 0.25) is 0 Å². The zero-order chi connectivity index (χ0) is 28.0. The van der Waals surface area contributed by atoms with E-state index in [0.29, 0.717) is 4.68 Å². The maximum Gasteiger partial charge on any atom is 0.459 e. The maximum absolute atomic E-state index is 13.9. The first-order chi connectivity index (χ1) is 17.6.